The molecule has 0 saturated carbocycles. The molecule has 132 valence electrons. The second-order valence-corrected chi connectivity index (χ2v) is 7.83. The number of rotatable bonds is 4. The summed E-state index contributed by atoms with van der Waals surface area (Å²) in [6, 6.07) is 3.11. The third-order valence-corrected chi connectivity index (χ3v) is 5.42. The summed E-state index contributed by atoms with van der Waals surface area (Å²) in [6.07, 6.45) is 6.37. The minimum absolute atomic E-state index is 0.0904. The van der Waals surface area contributed by atoms with Crippen molar-refractivity contribution in [3.05, 3.63) is 24.1 Å². The number of hydrogen-bond acceptors (Lipinski definition) is 3. The summed E-state index contributed by atoms with van der Waals surface area (Å²) in [7, 11) is 0. The molecule has 0 aromatic carbocycles. The van der Waals surface area contributed by atoms with Crippen molar-refractivity contribution in [2.45, 2.75) is 46.0 Å². The largest absolute Gasteiger partial charge is 0.354 e. The Morgan fingerprint density at radius 1 is 1.33 bits per heavy atom. The summed E-state index contributed by atoms with van der Waals surface area (Å²) in [6.45, 7) is 7.68. The van der Waals surface area contributed by atoms with Crippen LogP contribution in [0.25, 0.3) is 0 Å². The number of carbonyl (C=O) groups excluding carboxylic acids is 1. The van der Waals surface area contributed by atoms with E-state index in [0.717, 1.165) is 51.9 Å². The third-order valence-electron chi connectivity index (χ3n) is 5.42. The van der Waals surface area contributed by atoms with E-state index >= 15 is 0 Å². The van der Waals surface area contributed by atoms with Gasteiger partial charge in [0.15, 0.2) is 11.6 Å². The minimum Gasteiger partial charge on any atom is -0.354 e. The van der Waals surface area contributed by atoms with Gasteiger partial charge in [0.2, 0.25) is 5.91 Å². The van der Waals surface area contributed by atoms with Crippen molar-refractivity contribution in [2.24, 2.45) is 11.3 Å². The maximum absolute atomic E-state index is 14.1. The maximum Gasteiger partial charge on any atom is 0.222 e. The van der Waals surface area contributed by atoms with E-state index in [1.54, 1.807) is 12.3 Å². The van der Waals surface area contributed by atoms with Gasteiger partial charge in [-0.3, -0.25) is 4.79 Å². The summed E-state index contributed by atoms with van der Waals surface area (Å²) in [5.74, 6) is 1.09. The van der Waals surface area contributed by atoms with Crippen molar-refractivity contribution in [3.8, 4) is 0 Å². The summed E-state index contributed by atoms with van der Waals surface area (Å²) in [4.78, 5) is 20.6. The Hall–Kier alpha value is -1.65. The highest BCUT2D eigenvalue weighted by Gasteiger charge is 2.42. The van der Waals surface area contributed by atoms with Crippen molar-refractivity contribution in [3.63, 3.8) is 0 Å². The molecule has 1 amide bonds. The van der Waals surface area contributed by atoms with Crippen molar-refractivity contribution in [1.82, 2.24) is 9.88 Å². The number of pyridine rings is 1. The van der Waals surface area contributed by atoms with Crippen LogP contribution in [0.5, 0.6) is 0 Å². The summed E-state index contributed by atoms with van der Waals surface area (Å²) >= 11 is 0. The first-order valence-electron chi connectivity index (χ1n) is 9.12. The standard InChI is InChI=1S/C19H28FN3O/c1-15(2)7-12-22-13-19(9-6-17(22)24)8-4-11-23(14-19)18-16(20)5-3-10-21-18/h3,5,10,15H,4,6-9,11-14H2,1-2H3/t19-/m1/s1. The molecule has 0 unspecified atom stereocenters. The van der Waals surface area contributed by atoms with Gasteiger partial charge in [0, 0.05) is 44.2 Å². The van der Waals surface area contributed by atoms with Gasteiger partial charge in [0.1, 0.15) is 0 Å². The van der Waals surface area contributed by atoms with Crippen LogP contribution in [0.15, 0.2) is 18.3 Å². The first-order chi connectivity index (χ1) is 11.5. The quantitative estimate of drug-likeness (QED) is 0.846. The Kier molecular flexibility index (Phi) is 5.07. The Morgan fingerprint density at radius 3 is 2.92 bits per heavy atom. The van der Waals surface area contributed by atoms with Crippen molar-refractivity contribution < 1.29 is 9.18 Å². The Morgan fingerprint density at radius 2 is 2.17 bits per heavy atom. The molecule has 1 aromatic heterocycles. The highest BCUT2D eigenvalue weighted by Crippen LogP contribution is 2.40. The first-order valence-corrected chi connectivity index (χ1v) is 9.12. The molecule has 2 aliphatic rings. The molecule has 1 spiro atoms. The second-order valence-electron chi connectivity index (χ2n) is 7.83. The van der Waals surface area contributed by atoms with Gasteiger partial charge < -0.3 is 9.80 Å². The minimum atomic E-state index is -0.252. The average molecular weight is 333 g/mol. The van der Waals surface area contributed by atoms with Crippen molar-refractivity contribution >= 4 is 11.7 Å². The predicted octanol–water partition coefficient (Wildman–Crippen LogP) is 3.48. The van der Waals surface area contributed by atoms with E-state index in [9.17, 15) is 9.18 Å². The molecule has 0 N–H and O–H groups in total. The fourth-order valence-corrected chi connectivity index (χ4v) is 4.05. The van der Waals surface area contributed by atoms with E-state index in [4.69, 9.17) is 0 Å². The van der Waals surface area contributed by atoms with Gasteiger partial charge in [0.25, 0.3) is 0 Å². The molecular formula is C19H28FN3O. The lowest BCUT2D eigenvalue weighted by atomic mass is 9.73. The zero-order valence-corrected chi connectivity index (χ0v) is 14.8. The van der Waals surface area contributed by atoms with Crippen LogP contribution in [-0.4, -0.2) is 42.0 Å². The molecule has 5 heteroatoms. The van der Waals surface area contributed by atoms with Crippen LogP contribution in [0.2, 0.25) is 0 Å². The third kappa shape index (κ3) is 3.70. The molecule has 2 fully saturated rings. The number of anilines is 1. The van der Waals surface area contributed by atoms with Gasteiger partial charge in [-0.1, -0.05) is 13.8 Å². The van der Waals surface area contributed by atoms with Gasteiger partial charge in [-0.25, -0.2) is 9.37 Å². The number of nitrogens with zero attached hydrogens (tertiary/aromatic N) is 3. The van der Waals surface area contributed by atoms with Crippen LogP contribution in [0.4, 0.5) is 10.2 Å². The molecule has 2 aliphatic heterocycles. The molecule has 0 radical (unpaired) electrons. The lowest BCUT2D eigenvalue weighted by molar-refractivity contribution is -0.138. The molecular weight excluding hydrogens is 305 g/mol. The SMILES string of the molecule is CC(C)CCN1C[C@@]2(CCCN(c3ncccc3F)C2)CCC1=O. The molecule has 0 bridgehead atoms. The number of halogens is 1. The number of carbonyl (C=O) groups is 1. The highest BCUT2D eigenvalue weighted by molar-refractivity contribution is 5.77. The van der Waals surface area contributed by atoms with Crippen molar-refractivity contribution in [1.29, 1.82) is 0 Å². The second kappa shape index (κ2) is 7.08. The zero-order chi connectivity index (χ0) is 17.2. The number of piperidine rings is 2. The zero-order valence-electron chi connectivity index (χ0n) is 14.8. The molecule has 0 aliphatic carbocycles. The Bertz CT molecular complexity index is 592. The molecule has 3 rings (SSSR count). The Labute approximate surface area is 144 Å². The smallest absolute Gasteiger partial charge is 0.222 e. The summed E-state index contributed by atoms with van der Waals surface area (Å²) in [5, 5.41) is 0. The molecule has 1 atom stereocenters. The fourth-order valence-electron chi connectivity index (χ4n) is 4.05. The number of likely N-dealkylation sites (tertiary alicyclic amines) is 1. The van der Waals surface area contributed by atoms with E-state index in [1.165, 1.54) is 6.07 Å². The monoisotopic (exact) mass is 333 g/mol. The van der Waals surface area contributed by atoms with Crippen molar-refractivity contribution in [2.75, 3.05) is 31.1 Å². The molecule has 2 saturated heterocycles. The van der Waals surface area contributed by atoms with Gasteiger partial charge in [-0.15, -0.1) is 0 Å². The first kappa shape index (κ1) is 17.2. The van der Waals surface area contributed by atoms with Crippen LogP contribution >= 0.6 is 0 Å². The normalized spacial score (nSPS) is 24.9. The molecule has 1 aromatic rings. The van der Waals surface area contributed by atoms with E-state index in [0.29, 0.717) is 18.2 Å². The molecule has 24 heavy (non-hydrogen) atoms. The van der Waals surface area contributed by atoms with E-state index in [1.807, 2.05) is 4.90 Å². The van der Waals surface area contributed by atoms with E-state index in [2.05, 4.69) is 23.7 Å². The summed E-state index contributed by atoms with van der Waals surface area (Å²) in [5.41, 5.74) is 0.0904. The number of aromatic nitrogens is 1. The predicted molar refractivity (Wildman–Crippen MR) is 93.3 cm³/mol. The van der Waals surface area contributed by atoms with E-state index in [-0.39, 0.29) is 17.1 Å². The number of amides is 1. The lowest BCUT2D eigenvalue weighted by Gasteiger charge is -2.48. The molecule has 3 heterocycles. The topological polar surface area (TPSA) is 36.4 Å². The van der Waals surface area contributed by atoms with Crippen LogP contribution in [0, 0.1) is 17.2 Å². The van der Waals surface area contributed by atoms with E-state index < -0.39 is 0 Å². The van der Waals surface area contributed by atoms with Gasteiger partial charge in [-0.05, 0) is 43.7 Å². The van der Waals surface area contributed by atoms with Crippen LogP contribution < -0.4 is 4.90 Å². The fraction of sp³-hybridized carbons (Fsp3) is 0.684. The van der Waals surface area contributed by atoms with Gasteiger partial charge >= 0.3 is 0 Å². The highest BCUT2D eigenvalue weighted by atomic mass is 19.1. The maximum atomic E-state index is 14.1. The lowest BCUT2D eigenvalue weighted by Crippen LogP contribution is -2.54. The average Bonchev–Trinajstić information content (AvgIpc) is 2.56. The van der Waals surface area contributed by atoms with Gasteiger partial charge in [-0.2, -0.15) is 0 Å². The van der Waals surface area contributed by atoms with Gasteiger partial charge in [0.05, 0.1) is 0 Å². The number of hydrogen-bond donors (Lipinski definition) is 0. The van der Waals surface area contributed by atoms with Crippen LogP contribution in [0.3, 0.4) is 0 Å². The summed E-state index contributed by atoms with van der Waals surface area (Å²) < 4.78 is 14.1. The molecule has 4 nitrogen and oxygen atoms in total. The van der Waals surface area contributed by atoms with Crippen LogP contribution in [0.1, 0.15) is 46.0 Å². The Balaban J connectivity index is 1.72. The van der Waals surface area contributed by atoms with Crippen LogP contribution in [-0.2, 0) is 4.79 Å².